The third kappa shape index (κ3) is 3.76. The molecule has 0 saturated heterocycles. The van der Waals surface area contributed by atoms with Crippen molar-refractivity contribution < 1.29 is 9.78 Å². The molecular formula is C13H26O2. The Balaban J connectivity index is 2.39. The van der Waals surface area contributed by atoms with Crippen LogP contribution in [0.4, 0.5) is 0 Å². The molecule has 0 aliphatic heterocycles. The molecule has 2 heteroatoms. The maximum Gasteiger partial charge on any atom is 0.101 e. The van der Waals surface area contributed by atoms with Crippen LogP contribution in [-0.4, -0.2) is 11.2 Å². The fourth-order valence-electron chi connectivity index (χ4n) is 2.21. The lowest BCUT2D eigenvalue weighted by Crippen LogP contribution is -2.34. The van der Waals surface area contributed by atoms with E-state index in [1.807, 2.05) is 0 Å². The molecule has 0 bridgehead atoms. The highest BCUT2D eigenvalue weighted by molar-refractivity contribution is 4.80. The topological polar surface area (TPSA) is 18.5 Å². The first-order chi connectivity index (χ1) is 7.04. The van der Waals surface area contributed by atoms with E-state index in [0.717, 1.165) is 32.1 Å². The predicted octanol–water partition coefficient (Wildman–Crippen LogP) is 4.24. The predicted molar refractivity (Wildman–Crippen MR) is 62.6 cm³/mol. The smallest absolute Gasteiger partial charge is 0.101 e. The Morgan fingerprint density at radius 3 is 2.27 bits per heavy atom. The molecule has 1 unspecified atom stereocenters. The maximum atomic E-state index is 5.71. The lowest BCUT2D eigenvalue weighted by Gasteiger charge is -2.32. The summed E-state index contributed by atoms with van der Waals surface area (Å²) in [5.74, 6) is 0. The van der Waals surface area contributed by atoms with Gasteiger partial charge in [0.05, 0.1) is 0 Å². The number of hydrogen-bond acceptors (Lipinski definition) is 2. The summed E-state index contributed by atoms with van der Waals surface area (Å²) in [6.07, 6.45) is 8.05. The summed E-state index contributed by atoms with van der Waals surface area (Å²) in [6, 6.07) is 0. The van der Waals surface area contributed by atoms with Gasteiger partial charge in [-0.2, -0.15) is 0 Å². The minimum absolute atomic E-state index is 0.0236. The molecule has 1 atom stereocenters. The van der Waals surface area contributed by atoms with Gasteiger partial charge >= 0.3 is 0 Å². The zero-order chi connectivity index (χ0) is 11.4. The standard InChI is InChI=1S/C13H26O2/c1-5-9-12(3,6-2)14-15-13(4)10-7-8-11-13/h5-11H2,1-4H3. The SMILES string of the molecule is CCCC(C)(CC)OOC1(C)CCCC1. The average Bonchev–Trinajstić information content (AvgIpc) is 2.64. The zero-order valence-corrected chi connectivity index (χ0v) is 10.8. The van der Waals surface area contributed by atoms with Crippen molar-refractivity contribution >= 4 is 0 Å². The van der Waals surface area contributed by atoms with Gasteiger partial charge in [0.15, 0.2) is 0 Å². The molecule has 1 aliphatic rings. The highest BCUT2D eigenvalue weighted by Crippen LogP contribution is 2.35. The van der Waals surface area contributed by atoms with Crippen LogP contribution in [0.15, 0.2) is 0 Å². The summed E-state index contributed by atoms with van der Waals surface area (Å²) >= 11 is 0. The second kappa shape index (κ2) is 5.31. The molecular weight excluding hydrogens is 188 g/mol. The summed E-state index contributed by atoms with van der Waals surface area (Å²) < 4.78 is 0. The summed E-state index contributed by atoms with van der Waals surface area (Å²) in [4.78, 5) is 11.4. The van der Waals surface area contributed by atoms with E-state index in [1.165, 1.54) is 12.8 Å². The Bertz CT molecular complexity index is 185. The van der Waals surface area contributed by atoms with E-state index in [2.05, 4.69) is 27.7 Å². The van der Waals surface area contributed by atoms with Crippen LogP contribution in [0, 0.1) is 0 Å². The molecule has 15 heavy (non-hydrogen) atoms. The average molecular weight is 214 g/mol. The molecule has 1 saturated carbocycles. The second-order valence-corrected chi connectivity index (χ2v) is 5.38. The summed E-state index contributed by atoms with van der Waals surface area (Å²) in [5, 5.41) is 0. The molecule has 0 radical (unpaired) electrons. The first-order valence-electron chi connectivity index (χ1n) is 6.40. The van der Waals surface area contributed by atoms with Crippen LogP contribution in [0.5, 0.6) is 0 Å². The highest BCUT2D eigenvalue weighted by Gasteiger charge is 2.34. The highest BCUT2D eigenvalue weighted by atomic mass is 17.2. The van der Waals surface area contributed by atoms with E-state index in [0.29, 0.717) is 0 Å². The van der Waals surface area contributed by atoms with Crippen LogP contribution in [0.25, 0.3) is 0 Å². The molecule has 0 aromatic carbocycles. The van der Waals surface area contributed by atoms with E-state index >= 15 is 0 Å². The molecule has 1 aliphatic carbocycles. The van der Waals surface area contributed by atoms with Gasteiger partial charge < -0.3 is 0 Å². The van der Waals surface area contributed by atoms with Crippen molar-refractivity contribution in [3.8, 4) is 0 Å². The van der Waals surface area contributed by atoms with Gasteiger partial charge in [0.1, 0.15) is 11.2 Å². The Morgan fingerprint density at radius 1 is 1.20 bits per heavy atom. The minimum Gasteiger partial charge on any atom is -0.230 e. The first kappa shape index (κ1) is 13.0. The van der Waals surface area contributed by atoms with Crippen LogP contribution in [0.1, 0.15) is 72.6 Å². The molecule has 1 fully saturated rings. The van der Waals surface area contributed by atoms with Crippen molar-refractivity contribution in [2.45, 2.75) is 83.8 Å². The van der Waals surface area contributed by atoms with Crippen molar-refractivity contribution in [1.29, 1.82) is 0 Å². The van der Waals surface area contributed by atoms with E-state index in [-0.39, 0.29) is 11.2 Å². The monoisotopic (exact) mass is 214 g/mol. The van der Waals surface area contributed by atoms with Gasteiger partial charge in [-0.1, -0.05) is 33.1 Å². The molecule has 0 aromatic rings. The zero-order valence-electron chi connectivity index (χ0n) is 10.8. The molecule has 0 spiro atoms. The lowest BCUT2D eigenvalue weighted by atomic mass is 9.98. The van der Waals surface area contributed by atoms with Crippen molar-refractivity contribution in [3.05, 3.63) is 0 Å². The molecule has 2 nitrogen and oxygen atoms in total. The molecule has 0 amide bonds. The van der Waals surface area contributed by atoms with Gasteiger partial charge in [0.25, 0.3) is 0 Å². The van der Waals surface area contributed by atoms with Crippen LogP contribution in [0.3, 0.4) is 0 Å². The van der Waals surface area contributed by atoms with Crippen LogP contribution in [0.2, 0.25) is 0 Å². The molecule has 1 rings (SSSR count). The molecule has 0 heterocycles. The maximum absolute atomic E-state index is 5.71. The van der Waals surface area contributed by atoms with Crippen molar-refractivity contribution in [2.24, 2.45) is 0 Å². The van der Waals surface area contributed by atoms with E-state index < -0.39 is 0 Å². The fraction of sp³-hybridized carbons (Fsp3) is 1.00. The molecule has 0 aromatic heterocycles. The van der Waals surface area contributed by atoms with Gasteiger partial charge in [-0.3, -0.25) is 0 Å². The van der Waals surface area contributed by atoms with Crippen LogP contribution < -0.4 is 0 Å². The van der Waals surface area contributed by atoms with Crippen LogP contribution >= 0.6 is 0 Å². The van der Waals surface area contributed by atoms with Gasteiger partial charge in [-0.05, 0) is 39.5 Å². The fourth-order valence-corrected chi connectivity index (χ4v) is 2.21. The third-order valence-electron chi connectivity index (χ3n) is 3.63. The van der Waals surface area contributed by atoms with Gasteiger partial charge in [-0.25, -0.2) is 9.78 Å². The van der Waals surface area contributed by atoms with Crippen LogP contribution in [-0.2, 0) is 9.78 Å². The Labute approximate surface area is 94.3 Å². The second-order valence-electron chi connectivity index (χ2n) is 5.38. The Morgan fingerprint density at radius 2 is 1.80 bits per heavy atom. The van der Waals surface area contributed by atoms with Crippen molar-refractivity contribution in [3.63, 3.8) is 0 Å². The van der Waals surface area contributed by atoms with Crippen molar-refractivity contribution in [1.82, 2.24) is 0 Å². The molecule has 90 valence electrons. The van der Waals surface area contributed by atoms with Crippen molar-refractivity contribution in [2.75, 3.05) is 0 Å². The van der Waals surface area contributed by atoms with Gasteiger partial charge in [0, 0.05) is 0 Å². The summed E-state index contributed by atoms with van der Waals surface area (Å²) in [7, 11) is 0. The number of hydrogen-bond donors (Lipinski definition) is 0. The van der Waals surface area contributed by atoms with E-state index in [9.17, 15) is 0 Å². The van der Waals surface area contributed by atoms with E-state index in [4.69, 9.17) is 9.78 Å². The first-order valence-corrected chi connectivity index (χ1v) is 6.40. The lowest BCUT2D eigenvalue weighted by molar-refractivity contribution is -0.408. The minimum atomic E-state index is -0.0969. The quantitative estimate of drug-likeness (QED) is 0.486. The van der Waals surface area contributed by atoms with Gasteiger partial charge in [-0.15, -0.1) is 0 Å². The Hall–Kier alpha value is -0.0800. The Kier molecular flexibility index (Phi) is 4.60. The summed E-state index contributed by atoms with van der Waals surface area (Å²) in [6.45, 7) is 8.67. The third-order valence-corrected chi connectivity index (χ3v) is 3.63. The largest absolute Gasteiger partial charge is 0.230 e. The van der Waals surface area contributed by atoms with E-state index in [1.54, 1.807) is 0 Å². The number of rotatable bonds is 6. The normalized spacial score (nSPS) is 24.0. The van der Waals surface area contributed by atoms with Gasteiger partial charge in [0.2, 0.25) is 0 Å². The summed E-state index contributed by atoms with van der Waals surface area (Å²) in [5.41, 5.74) is -0.121. The molecule has 0 N–H and O–H groups in total.